The second-order valence-corrected chi connectivity index (χ2v) is 0.612. The van der Waals surface area contributed by atoms with Crippen LogP contribution in [-0.4, -0.2) is 11.4 Å². The number of hydrogen-bond acceptors (Lipinski definition) is 2. The highest BCUT2D eigenvalue weighted by molar-refractivity contribution is 5.55. The molecule has 0 saturated heterocycles. The molecule has 0 aromatic carbocycles. The topological polar surface area (TPSA) is 32.6 Å². The predicted octanol–water partition coefficient (Wildman–Crippen LogP) is 0.733. The van der Waals surface area contributed by atoms with Gasteiger partial charge in [-0.25, -0.2) is 0 Å². The Bertz CT molecular complexity index is 33.9. The lowest BCUT2D eigenvalue weighted by atomic mass is 10.6. The molecule has 0 aromatic heterocycles. The average Bonchev–Trinajstić information content (AvgIpc) is 1.41. The molecule has 0 aliphatic rings. The summed E-state index contributed by atoms with van der Waals surface area (Å²) in [7, 11) is 0. The molecule has 0 unspecified atom stereocenters. The van der Waals surface area contributed by atoms with Crippen LogP contribution in [0, 0.1) is 0 Å². The molecule has 0 aliphatic carbocycles. The van der Waals surface area contributed by atoms with E-state index >= 15 is 0 Å². The van der Waals surface area contributed by atoms with Crippen molar-refractivity contribution in [2.45, 2.75) is 13.3 Å². The van der Waals surface area contributed by atoms with E-state index in [1.54, 1.807) is 0 Å². The Labute approximate surface area is 31.1 Å². The van der Waals surface area contributed by atoms with E-state index in [1.165, 1.54) is 0 Å². The summed E-state index contributed by atoms with van der Waals surface area (Å²) in [6.07, 6.45) is 2.97. The fraction of sp³-hybridized carbons (Fsp3) is 0.667. The first-order chi connectivity index (χ1) is 2.41. The highest BCUT2D eigenvalue weighted by Crippen LogP contribution is 1.60. The van der Waals surface area contributed by atoms with Gasteiger partial charge in [-0.3, -0.25) is 0 Å². The van der Waals surface area contributed by atoms with Gasteiger partial charge in [-0.05, 0) is 6.42 Å². The van der Waals surface area contributed by atoms with Crippen LogP contribution in [0.2, 0.25) is 0 Å². The maximum Gasteiger partial charge on any atom is 0.104 e. The fourth-order valence-electron chi connectivity index (χ4n) is 0.0707. The minimum Gasteiger partial charge on any atom is -0.411 e. The fourth-order valence-corrected chi connectivity index (χ4v) is 0.0707. The van der Waals surface area contributed by atoms with E-state index in [4.69, 9.17) is 5.21 Å². The van der Waals surface area contributed by atoms with Crippen LogP contribution in [0.1, 0.15) is 13.3 Å². The van der Waals surface area contributed by atoms with Gasteiger partial charge >= 0.3 is 0 Å². The van der Waals surface area contributed by atoms with Crippen molar-refractivity contribution in [2.24, 2.45) is 5.16 Å². The second kappa shape index (κ2) is 3.47. The molecular formula is C3H6NO. The van der Waals surface area contributed by atoms with Gasteiger partial charge in [0, 0.05) is 0 Å². The van der Waals surface area contributed by atoms with Gasteiger partial charge < -0.3 is 5.21 Å². The Morgan fingerprint density at radius 1 is 2.00 bits per heavy atom. The Kier molecular flexibility index (Phi) is 3.10. The van der Waals surface area contributed by atoms with E-state index in [2.05, 4.69) is 11.4 Å². The molecule has 0 aliphatic heterocycles. The summed E-state index contributed by atoms with van der Waals surface area (Å²) in [5, 5.41) is 10.2. The predicted molar refractivity (Wildman–Crippen MR) is 19.5 cm³/mol. The summed E-state index contributed by atoms with van der Waals surface area (Å²) >= 11 is 0. The third-order valence-corrected chi connectivity index (χ3v) is 0.229. The zero-order chi connectivity index (χ0) is 4.12. The molecule has 0 aromatic rings. The SMILES string of the molecule is CC[C]=NO. The largest absolute Gasteiger partial charge is 0.411 e. The normalized spacial score (nSPS) is 9.80. The van der Waals surface area contributed by atoms with Crippen LogP contribution in [0.4, 0.5) is 0 Å². The zero-order valence-electron chi connectivity index (χ0n) is 3.10. The van der Waals surface area contributed by atoms with Crippen molar-refractivity contribution >= 4 is 6.21 Å². The molecule has 0 spiro atoms. The highest BCUT2D eigenvalue weighted by Gasteiger charge is 1.57. The minimum atomic E-state index is 0.677. The van der Waals surface area contributed by atoms with Crippen LogP contribution in [0.25, 0.3) is 0 Å². The third-order valence-electron chi connectivity index (χ3n) is 0.229. The van der Waals surface area contributed by atoms with Crippen LogP contribution in [0.3, 0.4) is 0 Å². The molecule has 0 rings (SSSR count). The van der Waals surface area contributed by atoms with E-state index in [9.17, 15) is 0 Å². The molecule has 0 saturated carbocycles. The van der Waals surface area contributed by atoms with Crippen molar-refractivity contribution in [1.29, 1.82) is 0 Å². The van der Waals surface area contributed by atoms with Gasteiger partial charge in [0.05, 0.1) is 0 Å². The summed E-state index contributed by atoms with van der Waals surface area (Å²) in [6, 6.07) is 0. The average molecular weight is 72.1 g/mol. The maximum atomic E-state index is 7.58. The maximum absolute atomic E-state index is 7.58. The lowest BCUT2D eigenvalue weighted by Gasteiger charge is -1.62. The molecule has 0 bridgehead atoms. The summed E-state index contributed by atoms with van der Waals surface area (Å²) in [5.41, 5.74) is 0. The standard InChI is InChI=1S/C3H6NO/c1-2-3-4-5/h5H,2H2,1H3. The van der Waals surface area contributed by atoms with Crippen molar-refractivity contribution in [3.05, 3.63) is 0 Å². The zero-order valence-corrected chi connectivity index (χ0v) is 3.10. The Hall–Kier alpha value is -0.530. The van der Waals surface area contributed by atoms with Gasteiger partial charge in [0.2, 0.25) is 0 Å². The van der Waals surface area contributed by atoms with E-state index in [-0.39, 0.29) is 0 Å². The minimum absolute atomic E-state index is 0.677. The van der Waals surface area contributed by atoms with Crippen LogP contribution >= 0.6 is 0 Å². The van der Waals surface area contributed by atoms with Crippen molar-refractivity contribution in [1.82, 2.24) is 0 Å². The molecule has 5 heavy (non-hydrogen) atoms. The summed E-state index contributed by atoms with van der Waals surface area (Å²) < 4.78 is 0. The van der Waals surface area contributed by atoms with Gasteiger partial charge in [0.15, 0.2) is 0 Å². The summed E-state index contributed by atoms with van der Waals surface area (Å²) in [5.74, 6) is 0. The molecule has 29 valence electrons. The van der Waals surface area contributed by atoms with Crippen LogP contribution in [0.5, 0.6) is 0 Å². The molecular weight excluding hydrogens is 66.0 g/mol. The van der Waals surface area contributed by atoms with Gasteiger partial charge in [-0.1, -0.05) is 12.1 Å². The lowest BCUT2D eigenvalue weighted by Crippen LogP contribution is -1.61. The number of hydrogen-bond donors (Lipinski definition) is 1. The van der Waals surface area contributed by atoms with Crippen LogP contribution in [0.15, 0.2) is 5.16 Å². The van der Waals surface area contributed by atoms with Crippen molar-refractivity contribution in [3.8, 4) is 0 Å². The summed E-state index contributed by atoms with van der Waals surface area (Å²) in [4.78, 5) is 0. The van der Waals surface area contributed by atoms with Crippen molar-refractivity contribution in [2.75, 3.05) is 0 Å². The molecule has 0 amide bonds. The van der Waals surface area contributed by atoms with Crippen LogP contribution in [-0.2, 0) is 0 Å². The van der Waals surface area contributed by atoms with E-state index in [1.807, 2.05) is 6.92 Å². The Morgan fingerprint density at radius 2 is 2.60 bits per heavy atom. The van der Waals surface area contributed by atoms with Crippen molar-refractivity contribution < 1.29 is 5.21 Å². The monoisotopic (exact) mass is 72.0 g/mol. The first kappa shape index (κ1) is 4.47. The van der Waals surface area contributed by atoms with Crippen LogP contribution < -0.4 is 0 Å². The first-order valence-corrected chi connectivity index (χ1v) is 1.48. The molecule has 0 atom stereocenters. The highest BCUT2D eigenvalue weighted by atomic mass is 16.4. The Balaban J connectivity index is 2.62. The lowest BCUT2D eigenvalue weighted by molar-refractivity contribution is 0.320. The third kappa shape index (κ3) is 3.47. The van der Waals surface area contributed by atoms with Gasteiger partial charge in [-0.2, -0.15) is 0 Å². The molecule has 1 N–H and O–H groups in total. The molecule has 0 heterocycles. The van der Waals surface area contributed by atoms with E-state index in [0.29, 0.717) is 6.42 Å². The van der Waals surface area contributed by atoms with Gasteiger partial charge in [0.1, 0.15) is 6.21 Å². The van der Waals surface area contributed by atoms with Gasteiger partial charge in [0.25, 0.3) is 0 Å². The quantitative estimate of drug-likeness (QED) is 0.276. The molecule has 2 nitrogen and oxygen atoms in total. The molecule has 0 fully saturated rings. The number of rotatable bonds is 1. The first-order valence-electron chi connectivity index (χ1n) is 1.48. The smallest absolute Gasteiger partial charge is 0.104 e. The van der Waals surface area contributed by atoms with Gasteiger partial charge in [-0.15, -0.1) is 0 Å². The second-order valence-electron chi connectivity index (χ2n) is 0.612. The molecule has 1 radical (unpaired) electrons. The van der Waals surface area contributed by atoms with E-state index in [0.717, 1.165) is 0 Å². The van der Waals surface area contributed by atoms with Crippen molar-refractivity contribution in [3.63, 3.8) is 0 Å². The summed E-state index contributed by atoms with van der Waals surface area (Å²) in [6.45, 7) is 1.85. The Morgan fingerprint density at radius 3 is 2.60 bits per heavy atom. The van der Waals surface area contributed by atoms with E-state index < -0.39 is 0 Å². The molecule has 2 heteroatoms. The number of nitrogens with zero attached hydrogens (tertiary/aromatic N) is 1.